The van der Waals surface area contributed by atoms with E-state index in [-0.39, 0.29) is 37.9 Å². The number of hydrogen-bond acceptors (Lipinski definition) is 8. The van der Waals surface area contributed by atoms with Gasteiger partial charge >= 0.3 is 12.2 Å². The van der Waals surface area contributed by atoms with Crippen LogP contribution >= 0.6 is 0 Å². The van der Waals surface area contributed by atoms with Crippen LogP contribution < -0.4 is 25.6 Å². The van der Waals surface area contributed by atoms with Crippen molar-refractivity contribution in [3.8, 4) is 5.75 Å². The minimum atomic E-state index is -1.39. The van der Waals surface area contributed by atoms with E-state index in [4.69, 9.17) is 14.2 Å². The Morgan fingerprint density at radius 2 is 1.73 bits per heavy atom. The van der Waals surface area contributed by atoms with Gasteiger partial charge in [-0.3, -0.25) is 19.3 Å². The summed E-state index contributed by atoms with van der Waals surface area (Å²) in [4.78, 5) is 70.6. The molecule has 2 aliphatic rings. The van der Waals surface area contributed by atoms with E-state index in [0.717, 1.165) is 36.0 Å². The molecule has 0 aromatic heterocycles. The molecule has 0 aliphatic carbocycles. The Balaban J connectivity index is 1.44. The predicted octanol–water partition coefficient (Wildman–Crippen LogP) is 4.08. The lowest BCUT2D eigenvalue weighted by atomic mass is 9.94. The van der Waals surface area contributed by atoms with Crippen molar-refractivity contribution in [2.75, 3.05) is 38.3 Å². The highest BCUT2D eigenvalue weighted by atomic mass is 16.5. The number of aryl methyl sites for hydroxylation is 1. The second kappa shape index (κ2) is 17.9. The molecule has 13 heteroatoms. The van der Waals surface area contributed by atoms with Crippen LogP contribution in [0.1, 0.15) is 42.4 Å². The van der Waals surface area contributed by atoms with Gasteiger partial charge in [0, 0.05) is 25.3 Å². The van der Waals surface area contributed by atoms with Crippen LogP contribution in [-0.4, -0.2) is 80.2 Å². The third-order valence-corrected chi connectivity index (χ3v) is 9.10. The number of hydrogen-bond donors (Lipinski definition) is 3. The first-order valence-corrected chi connectivity index (χ1v) is 17.2. The molecule has 0 spiro atoms. The number of nitrogens with zero attached hydrogens (tertiary/aromatic N) is 2. The molecular formula is C38H45N5O8. The highest BCUT2D eigenvalue weighted by Gasteiger charge is 2.34. The van der Waals surface area contributed by atoms with Crippen molar-refractivity contribution in [1.82, 2.24) is 20.9 Å². The lowest BCUT2D eigenvalue weighted by molar-refractivity contribution is -0.137. The van der Waals surface area contributed by atoms with Gasteiger partial charge < -0.3 is 35.1 Å². The summed E-state index contributed by atoms with van der Waals surface area (Å²) in [6, 6.07) is 20.6. The lowest BCUT2D eigenvalue weighted by Gasteiger charge is -2.34. The minimum absolute atomic E-state index is 0.0539. The summed E-state index contributed by atoms with van der Waals surface area (Å²) in [5.74, 6) is -0.855. The number of piperidine rings is 1. The molecule has 1 fully saturated rings. The number of carbonyl (C=O) groups excluding carboxylic acids is 5. The van der Waals surface area contributed by atoms with Gasteiger partial charge in [0.05, 0.1) is 26.7 Å². The summed E-state index contributed by atoms with van der Waals surface area (Å²) < 4.78 is 16.5. The predicted molar refractivity (Wildman–Crippen MR) is 189 cm³/mol. The number of alkyl carbamates (subject to hydrolysis) is 1. The highest BCUT2D eigenvalue weighted by Crippen LogP contribution is 2.23. The topological polar surface area (TPSA) is 156 Å². The molecule has 2 unspecified atom stereocenters. The second-order valence-corrected chi connectivity index (χ2v) is 12.7. The fourth-order valence-electron chi connectivity index (χ4n) is 6.18. The summed E-state index contributed by atoms with van der Waals surface area (Å²) >= 11 is 0. The molecule has 1 saturated heterocycles. The SMILES string of the molecule is COC(=O)N(CC1NC(=O)[C@@H](NC(=O)OCc2ccccc2)CC(=O)N2CCCC(CCOc3ccc(C)c(c3)CNC1=O)C2)c1ccccc1. The Hall–Kier alpha value is -5.59. The van der Waals surface area contributed by atoms with Crippen LogP contribution in [0.3, 0.4) is 0 Å². The zero-order valence-corrected chi connectivity index (χ0v) is 29.0. The molecule has 0 saturated carbocycles. The van der Waals surface area contributed by atoms with E-state index < -0.39 is 36.1 Å². The van der Waals surface area contributed by atoms with Gasteiger partial charge in [-0.05, 0) is 73.1 Å². The van der Waals surface area contributed by atoms with Crippen molar-refractivity contribution in [3.63, 3.8) is 0 Å². The maximum Gasteiger partial charge on any atom is 0.414 e. The molecule has 51 heavy (non-hydrogen) atoms. The summed E-state index contributed by atoms with van der Waals surface area (Å²) in [6.07, 6.45) is 0.438. The number of nitrogens with one attached hydrogen (secondary N) is 3. The number of amides is 5. The van der Waals surface area contributed by atoms with E-state index in [0.29, 0.717) is 31.1 Å². The van der Waals surface area contributed by atoms with E-state index in [9.17, 15) is 24.0 Å². The average Bonchev–Trinajstić information content (AvgIpc) is 3.15. The van der Waals surface area contributed by atoms with Gasteiger partial charge in [0.15, 0.2) is 0 Å². The van der Waals surface area contributed by atoms with E-state index >= 15 is 0 Å². The average molecular weight is 700 g/mol. The Bertz CT molecular complexity index is 1670. The van der Waals surface area contributed by atoms with Crippen LogP contribution in [0.4, 0.5) is 15.3 Å². The Morgan fingerprint density at radius 3 is 2.47 bits per heavy atom. The van der Waals surface area contributed by atoms with Crippen LogP contribution in [-0.2, 0) is 37.0 Å². The summed E-state index contributed by atoms with van der Waals surface area (Å²) in [6.45, 7) is 3.12. The molecule has 5 amide bonds. The quantitative estimate of drug-likeness (QED) is 0.348. The fraction of sp³-hybridized carbons (Fsp3) is 0.395. The van der Waals surface area contributed by atoms with Crippen molar-refractivity contribution in [1.29, 1.82) is 0 Å². The Kier molecular flexibility index (Phi) is 12.9. The van der Waals surface area contributed by atoms with Crippen LogP contribution in [0.25, 0.3) is 0 Å². The number of rotatable bonds is 6. The first-order valence-electron chi connectivity index (χ1n) is 17.2. The summed E-state index contributed by atoms with van der Waals surface area (Å²) in [5.41, 5.74) is 2.91. The summed E-state index contributed by atoms with van der Waals surface area (Å²) in [5, 5.41) is 8.14. The van der Waals surface area contributed by atoms with Gasteiger partial charge in [0.1, 0.15) is 24.4 Å². The summed E-state index contributed by atoms with van der Waals surface area (Å²) in [7, 11) is 1.22. The standard InChI is InChI=1S/C38H45N5O8/c1-26-15-16-31-20-29(26)22-39-35(45)33(24-43(38(48)49-2)30-13-7-4-8-14-30)40-36(46)32(41-37(47)51-25-28-10-5-3-6-11-28)21-34(44)42-18-9-12-27(23-42)17-19-50-31/h3-8,10-11,13-16,20,27,32-33H,9,12,17-19,21-25H2,1-2H3,(H,39,45)(H,40,46)(H,41,47)/t27?,32-,33?/m0/s1. The molecule has 270 valence electrons. The zero-order valence-electron chi connectivity index (χ0n) is 29.0. The van der Waals surface area contributed by atoms with E-state index in [1.165, 1.54) is 12.0 Å². The number of carbonyl (C=O) groups is 5. The van der Waals surface area contributed by atoms with Crippen molar-refractivity contribution >= 4 is 35.6 Å². The van der Waals surface area contributed by atoms with Crippen LogP contribution in [0, 0.1) is 12.8 Å². The minimum Gasteiger partial charge on any atom is -0.494 e. The van der Waals surface area contributed by atoms with E-state index in [1.807, 2.05) is 43.3 Å². The molecule has 4 bridgehead atoms. The molecule has 3 atom stereocenters. The Morgan fingerprint density at radius 1 is 0.980 bits per heavy atom. The molecule has 3 aromatic rings. The maximum atomic E-state index is 14.1. The number of para-hydroxylation sites is 1. The lowest BCUT2D eigenvalue weighted by Crippen LogP contribution is -2.58. The second-order valence-electron chi connectivity index (χ2n) is 12.7. The maximum absolute atomic E-state index is 14.1. The van der Waals surface area contributed by atoms with Gasteiger partial charge in [-0.25, -0.2) is 9.59 Å². The number of anilines is 1. The third-order valence-electron chi connectivity index (χ3n) is 9.10. The number of ether oxygens (including phenoxy) is 3. The first-order chi connectivity index (χ1) is 24.7. The molecule has 2 heterocycles. The number of benzene rings is 3. The number of methoxy groups -OCH3 is 1. The zero-order chi connectivity index (χ0) is 36.2. The molecule has 13 nitrogen and oxygen atoms in total. The van der Waals surface area contributed by atoms with Crippen LogP contribution in [0.5, 0.6) is 5.75 Å². The van der Waals surface area contributed by atoms with Gasteiger partial charge in [-0.2, -0.15) is 0 Å². The van der Waals surface area contributed by atoms with Crippen molar-refractivity contribution in [2.24, 2.45) is 5.92 Å². The van der Waals surface area contributed by atoms with Gasteiger partial charge in [0.2, 0.25) is 17.7 Å². The van der Waals surface area contributed by atoms with Gasteiger partial charge in [0.25, 0.3) is 0 Å². The monoisotopic (exact) mass is 699 g/mol. The number of fused-ring (bicyclic) bond motifs is 4. The van der Waals surface area contributed by atoms with Crippen molar-refractivity contribution < 1.29 is 38.2 Å². The Labute approximate surface area is 297 Å². The molecule has 2 aliphatic heterocycles. The van der Waals surface area contributed by atoms with Crippen LogP contribution in [0.2, 0.25) is 0 Å². The molecule has 5 rings (SSSR count). The van der Waals surface area contributed by atoms with E-state index in [2.05, 4.69) is 16.0 Å². The smallest absolute Gasteiger partial charge is 0.414 e. The van der Waals surface area contributed by atoms with Gasteiger partial charge in [-0.15, -0.1) is 0 Å². The van der Waals surface area contributed by atoms with E-state index in [1.54, 1.807) is 47.4 Å². The first kappa shape index (κ1) is 36.7. The molecule has 0 radical (unpaired) electrons. The fourth-order valence-corrected chi connectivity index (χ4v) is 6.18. The van der Waals surface area contributed by atoms with Gasteiger partial charge in [-0.1, -0.05) is 54.6 Å². The highest BCUT2D eigenvalue weighted by molar-refractivity contribution is 5.96. The van der Waals surface area contributed by atoms with Crippen molar-refractivity contribution in [2.45, 2.75) is 57.8 Å². The van der Waals surface area contributed by atoms with Crippen molar-refractivity contribution in [3.05, 3.63) is 95.6 Å². The third kappa shape index (κ3) is 10.5. The molecular weight excluding hydrogens is 654 g/mol. The largest absolute Gasteiger partial charge is 0.494 e. The molecule has 3 aromatic carbocycles. The van der Waals surface area contributed by atoms with Crippen LogP contribution in [0.15, 0.2) is 78.9 Å². The normalized spacial score (nSPS) is 20.0. The molecule has 3 N–H and O–H groups in total.